The second kappa shape index (κ2) is 5.03. The third-order valence-corrected chi connectivity index (χ3v) is 3.74. The number of benzene rings is 1. The number of para-hydroxylation sites is 1. The molecule has 4 nitrogen and oxygen atoms in total. The van der Waals surface area contributed by atoms with Crippen molar-refractivity contribution in [2.24, 2.45) is 5.41 Å². The zero-order valence-electron chi connectivity index (χ0n) is 11.7. The summed E-state index contributed by atoms with van der Waals surface area (Å²) in [6.07, 6.45) is 0.756. The van der Waals surface area contributed by atoms with Crippen molar-refractivity contribution in [3.05, 3.63) is 29.8 Å². The molecule has 0 atom stereocenters. The van der Waals surface area contributed by atoms with Crippen LogP contribution in [0.2, 0.25) is 0 Å². The maximum absolute atomic E-state index is 12.5. The molecule has 4 heteroatoms. The van der Waals surface area contributed by atoms with E-state index in [1.54, 1.807) is 4.90 Å². The summed E-state index contributed by atoms with van der Waals surface area (Å²) in [6, 6.07) is 7.61. The average Bonchev–Trinajstić information content (AvgIpc) is 2.55. The topological polar surface area (TPSA) is 49.4 Å². The second-order valence-electron chi connectivity index (χ2n) is 5.60. The van der Waals surface area contributed by atoms with Gasteiger partial charge < -0.3 is 10.2 Å². The van der Waals surface area contributed by atoms with Gasteiger partial charge in [0.05, 0.1) is 0 Å². The maximum atomic E-state index is 12.5. The van der Waals surface area contributed by atoms with Crippen molar-refractivity contribution >= 4 is 17.5 Å². The van der Waals surface area contributed by atoms with Gasteiger partial charge in [-0.1, -0.05) is 39.0 Å². The van der Waals surface area contributed by atoms with Crippen LogP contribution in [-0.4, -0.2) is 23.3 Å². The van der Waals surface area contributed by atoms with E-state index in [-0.39, 0.29) is 18.4 Å². The lowest BCUT2D eigenvalue weighted by Crippen LogP contribution is -2.42. The minimum atomic E-state index is -0.431. The molecular weight excluding hydrogens is 240 g/mol. The molecule has 0 spiro atoms. The summed E-state index contributed by atoms with van der Waals surface area (Å²) in [5, 5.41) is 2.84. The molecule has 1 heterocycles. The highest BCUT2D eigenvalue weighted by atomic mass is 16.2. The molecule has 1 aliphatic rings. The Bertz CT molecular complexity index is 509. The molecule has 0 aliphatic carbocycles. The average molecular weight is 260 g/mol. The van der Waals surface area contributed by atoms with Gasteiger partial charge in [-0.3, -0.25) is 9.59 Å². The summed E-state index contributed by atoms with van der Waals surface area (Å²) < 4.78 is 0. The van der Waals surface area contributed by atoms with Crippen LogP contribution in [-0.2, 0) is 16.1 Å². The number of fused-ring (bicyclic) bond motifs is 1. The van der Waals surface area contributed by atoms with E-state index in [1.165, 1.54) is 0 Å². The summed E-state index contributed by atoms with van der Waals surface area (Å²) in [6.45, 7) is 6.44. The van der Waals surface area contributed by atoms with Crippen LogP contribution in [0.1, 0.15) is 32.8 Å². The highest BCUT2D eigenvalue weighted by Gasteiger charge is 2.32. The van der Waals surface area contributed by atoms with E-state index in [2.05, 4.69) is 5.32 Å². The van der Waals surface area contributed by atoms with Gasteiger partial charge in [-0.25, -0.2) is 0 Å². The van der Waals surface area contributed by atoms with E-state index in [0.717, 1.165) is 17.7 Å². The van der Waals surface area contributed by atoms with Gasteiger partial charge in [0.1, 0.15) is 6.54 Å². The molecule has 1 aromatic rings. The number of hydrogen-bond acceptors (Lipinski definition) is 2. The van der Waals surface area contributed by atoms with Gasteiger partial charge in [-0.05, 0) is 18.1 Å². The van der Waals surface area contributed by atoms with Crippen molar-refractivity contribution < 1.29 is 9.59 Å². The van der Waals surface area contributed by atoms with E-state index >= 15 is 0 Å². The first-order valence-electron chi connectivity index (χ1n) is 6.61. The normalized spacial score (nSPS) is 15.5. The SMILES string of the molecule is CCC(C)(C)C(=O)N1CC(=O)Nc2ccccc2C1. The van der Waals surface area contributed by atoms with Crippen molar-refractivity contribution in [2.45, 2.75) is 33.7 Å². The van der Waals surface area contributed by atoms with E-state index in [4.69, 9.17) is 0 Å². The Morgan fingerprint density at radius 2 is 2.00 bits per heavy atom. The fraction of sp³-hybridized carbons (Fsp3) is 0.467. The molecule has 0 fully saturated rings. The van der Waals surface area contributed by atoms with Gasteiger partial charge in [0.15, 0.2) is 0 Å². The smallest absolute Gasteiger partial charge is 0.244 e. The van der Waals surface area contributed by atoms with Crippen LogP contribution >= 0.6 is 0 Å². The van der Waals surface area contributed by atoms with E-state index in [0.29, 0.717) is 6.54 Å². The standard InChI is InChI=1S/C15H20N2O2/c1-4-15(2,3)14(19)17-9-11-7-5-6-8-12(11)16-13(18)10-17/h5-8H,4,9-10H2,1-3H3,(H,16,18). The minimum absolute atomic E-state index is 0.0295. The Balaban J connectivity index is 2.29. The fourth-order valence-electron chi connectivity index (χ4n) is 2.13. The van der Waals surface area contributed by atoms with Crippen LogP contribution in [0.25, 0.3) is 0 Å². The van der Waals surface area contributed by atoms with E-state index in [9.17, 15) is 9.59 Å². The van der Waals surface area contributed by atoms with Crippen molar-refractivity contribution in [3.8, 4) is 0 Å². The highest BCUT2D eigenvalue weighted by Crippen LogP contribution is 2.27. The Hall–Kier alpha value is -1.84. The predicted molar refractivity (Wildman–Crippen MR) is 74.6 cm³/mol. The number of hydrogen-bond donors (Lipinski definition) is 1. The number of rotatable bonds is 2. The first kappa shape index (κ1) is 13.6. The molecule has 1 aromatic carbocycles. The summed E-state index contributed by atoms with van der Waals surface area (Å²) in [4.78, 5) is 26.0. The van der Waals surface area contributed by atoms with Crippen molar-refractivity contribution in [2.75, 3.05) is 11.9 Å². The van der Waals surface area contributed by atoms with Gasteiger partial charge in [0, 0.05) is 17.6 Å². The van der Waals surface area contributed by atoms with Crippen LogP contribution in [0.15, 0.2) is 24.3 Å². The zero-order chi connectivity index (χ0) is 14.0. The molecule has 102 valence electrons. The number of amides is 2. The predicted octanol–water partition coefficient (Wildman–Crippen LogP) is 2.40. The number of nitrogens with one attached hydrogen (secondary N) is 1. The van der Waals surface area contributed by atoms with Crippen molar-refractivity contribution in [1.29, 1.82) is 0 Å². The minimum Gasteiger partial charge on any atom is -0.329 e. The number of carbonyl (C=O) groups is 2. The van der Waals surface area contributed by atoms with Crippen molar-refractivity contribution in [1.82, 2.24) is 4.90 Å². The van der Waals surface area contributed by atoms with Crippen molar-refractivity contribution in [3.63, 3.8) is 0 Å². The molecule has 0 bridgehead atoms. The summed E-state index contributed by atoms with van der Waals surface area (Å²) in [5.74, 6) is -0.105. The van der Waals surface area contributed by atoms with Gasteiger partial charge in [0.25, 0.3) is 0 Å². The second-order valence-corrected chi connectivity index (χ2v) is 5.60. The number of anilines is 1. The lowest BCUT2D eigenvalue weighted by molar-refractivity contribution is -0.143. The zero-order valence-corrected chi connectivity index (χ0v) is 11.7. The Morgan fingerprint density at radius 3 is 2.68 bits per heavy atom. The molecule has 1 aliphatic heterocycles. The van der Waals surface area contributed by atoms with Gasteiger partial charge in [-0.15, -0.1) is 0 Å². The van der Waals surface area contributed by atoms with Crippen LogP contribution in [0.5, 0.6) is 0 Å². The highest BCUT2D eigenvalue weighted by molar-refractivity contribution is 5.97. The largest absolute Gasteiger partial charge is 0.329 e. The Labute approximate surface area is 113 Å². The van der Waals surface area contributed by atoms with Crippen LogP contribution in [0.4, 0.5) is 5.69 Å². The quantitative estimate of drug-likeness (QED) is 0.887. The molecule has 0 saturated heterocycles. The van der Waals surface area contributed by atoms with Crippen LogP contribution in [0.3, 0.4) is 0 Å². The van der Waals surface area contributed by atoms with Gasteiger partial charge in [0.2, 0.25) is 11.8 Å². The van der Waals surface area contributed by atoms with Crippen LogP contribution in [0, 0.1) is 5.41 Å². The maximum Gasteiger partial charge on any atom is 0.244 e. The molecular formula is C15H20N2O2. The first-order chi connectivity index (χ1) is 8.94. The lowest BCUT2D eigenvalue weighted by Gasteiger charge is -2.29. The van der Waals surface area contributed by atoms with Gasteiger partial charge >= 0.3 is 0 Å². The Morgan fingerprint density at radius 1 is 1.32 bits per heavy atom. The number of nitrogens with zero attached hydrogens (tertiary/aromatic N) is 1. The lowest BCUT2D eigenvalue weighted by atomic mass is 9.88. The third-order valence-electron chi connectivity index (χ3n) is 3.74. The molecule has 0 radical (unpaired) electrons. The molecule has 0 saturated carbocycles. The molecule has 2 rings (SSSR count). The fourth-order valence-corrected chi connectivity index (χ4v) is 2.13. The molecule has 19 heavy (non-hydrogen) atoms. The van der Waals surface area contributed by atoms with Crippen LogP contribution < -0.4 is 5.32 Å². The first-order valence-corrected chi connectivity index (χ1v) is 6.61. The third kappa shape index (κ3) is 2.78. The van der Waals surface area contributed by atoms with Gasteiger partial charge in [-0.2, -0.15) is 0 Å². The van der Waals surface area contributed by atoms with E-state index < -0.39 is 5.41 Å². The molecule has 1 N–H and O–H groups in total. The summed E-state index contributed by atoms with van der Waals surface area (Å²) in [7, 11) is 0. The molecule has 0 aromatic heterocycles. The van der Waals surface area contributed by atoms with E-state index in [1.807, 2.05) is 45.0 Å². The summed E-state index contributed by atoms with van der Waals surface area (Å²) >= 11 is 0. The number of carbonyl (C=O) groups excluding carboxylic acids is 2. The Kier molecular flexibility index (Phi) is 3.60. The monoisotopic (exact) mass is 260 g/mol. The molecule has 2 amide bonds. The summed E-state index contributed by atoms with van der Waals surface area (Å²) in [5.41, 5.74) is 1.35. The molecule has 0 unspecified atom stereocenters.